The second-order valence-corrected chi connectivity index (χ2v) is 2.97. The van der Waals surface area contributed by atoms with Crippen molar-refractivity contribution in [3.63, 3.8) is 0 Å². The molecule has 3 heteroatoms. The summed E-state index contributed by atoms with van der Waals surface area (Å²) >= 11 is 6.57. The fourth-order valence-electron chi connectivity index (χ4n) is 0.290. The average Bonchev–Trinajstić information content (AvgIpc) is 1.83. The zero-order chi connectivity index (χ0) is 6.41. The Bertz CT molecular complexity index is 49.7. The first-order valence-electron chi connectivity index (χ1n) is 2.54. The van der Waals surface area contributed by atoms with Crippen LogP contribution in [0, 0.1) is 0 Å². The lowest BCUT2D eigenvalue weighted by molar-refractivity contribution is 0.0967. The zero-order valence-corrected chi connectivity index (χ0v) is 8.03. The van der Waals surface area contributed by atoms with Gasteiger partial charge < -0.3 is 4.74 Å². The van der Waals surface area contributed by atoms with Gasteiger partial charge in [-0.05, 0) is 6.92 Å². The lowest BCUT2D eigenvalue weighted by Crippen LogP contribution is -2.10. The molecule has 0 bridgehead atoms. The zero-order valence-electron chi connectivity index (χ0n) is 4.86. The van der Waals surface area contributed by atoms with Gasteiger partial charge in [0.15, 0.2) is 0 Å². The van der Waals surface area contributed by atoms with Gasteiger partial charge in [0, 0.05) is 10.7 Å². The van der Waals surface area contributed by atoms with Gasteiger partial charge >= 0.3 is 0 Å². The molecule has 1 nitrogen and oxygen atoms in total. The van der Waals surface area contributed by atoms with Gasteiger partial charge in [0.1, 0.15) is 0 Å². The molecule has 50 valence electrons. The van der Waals surface area contributed by atoms with Crippen LogP contribution in [0.25, 0.3) is 0 Å². The van der Waals surface area contributed by atoms with E-state index in [1.54, 1.807) is 0 Å². The first kappa shape index (κ1) is 8.92. The number of hydrogen-bond donors (Lipinski definition) is 0. The van der Waals surface area contributed by atoms with Crippen molar-refractivity contribution < 1.29 is 4.74 Å². The topological polar surface area (TPSA) is 9.23 Å². The number of hydrogen-bond acceptors (Lipinski definition) is 1. The highest BCUT2D eigenvalue weighted by Gasteiger charge is 1.95. The third-order valence-corrected chi connectivity index (χ3v) is 1.93. The maximum absolute atomic E-state index is 5.25. The van der Waals surface area contributed by atoms with Gasteiger partial charge in [-0.2, -0.15) is 0 Å². The monoisotopic (exact) mass is 244 g/mol. The first-order chi connectivity index (χ1) is 3.81. The van der Waals surface area contributed by atoms with Crippen molar-refractivity contribution in [3.8, 4) is 0 Å². The second kappa shape index (κ2) is 6.05. The summed E-state index contributed by atoms with van der Waals surface area (Å²) < 4.78 is 5.25. The largest absolute Gasteiger partial charge is 0.377 e. The van der Waals surface area contributed by atoms with Crippen LogP contribution in [0.4, 0.5) is 0 Å². The van der Waals surface area contributed by atoms with E-state index in [0.29, 0.717) is 6.10 Å². The molecule has 1 atom stereocenters. The van der Waals surface area contributed by atoms with Crippen LogP contribution in [0.2, 0.25) is 0 Å². The van der Waals surface area contributed by atoms with E-state index in [2.05, 4.69) is 31.9 Å². The molecule has 0 saturated heterocycles. The molecule has 0 aliphatic rings. The Labute approximate surface area is 67.0 Å². The Morgan fingerprint density at radius 3 is 2.50 bits per heavy atom. The number of alkyl halides is 2. The fraction of sp³-hybridized carbons (Fsp3) is 1.00. The molecule has 0 aromatic heterocycles. The van der Waals surface area contributed by atoms with Gasteiger partial charge in [0.05, 0.1) is 12.7 Å². The molecule has 0 spiro atoms. The summed E-state index contributed by atoms with van der Waals surface area (Å²) in [6, 6.07) is 0. The van der Waals surface area contributed by atoms with E-state index in [9.17, 15) is 0 Å². The molecule has 1 unspecified atom stereocenters. The molecule has 0 aromatic rings. The third-order valence-electron chi connectivity index (χ3n) is 0.697. The van der Waals surface area contributed by atoms with Crippen molar-refractivity contribution in [2.75, 3.05) is 17.3 Å². The summed E-state index contributed by atoms with van der Waals surface area (Å²) in [6.45, 7) is 2.84. The summed E-state index contributed by atoms with van der Waals surface area (Å²) in [5.41, 5.74) is 0. The van der Waals surface area contributed by atoms with Crippen LogP contribution in [0.1, 0.15) is 6.92 Å². The molecule has 0 rings (SSSR count). The highest BCUT2D eigenvalue weighted by atomic mass is 79.9. The van der Waals surface area contributed by atoms with Gasteiger partial charge in [-0.3, -0.25) is 0 Å². The number of ether oxygens (including phenoxy) is 1. The minimum absolute atomic E-state index is 0.340. The van der Waals surface area contributed by atoms with E-state index in [0.717, 1.165) is 17.3 Å². The number of halogens is 2. The molecule has 0 N–H and O–H groups in total. The van der Waals surface area contributed by atoms with E-state index >= 15 is 0 Å². The van der Waals surface area contributed by atoms with Crippen LogP contribution in [-0.4, -0.2) is 23.4 Å². The van der Waals surface area contributed by atoms with E-state index in [-0.39, 0.29) is 0 Å². The molecule has 8 heavy (non-hydrogen) atoms. The summed E-state index contributed by atoms with van der Waals surface area (Å²) in [4.78, 5) is 0. The van der Waals surface area contributed by atoms with Crippen LogP contribution in [-0.2, 0) is 4.74 Å². The quantitative estimate of drug-likeness (QED) is 0.690. The van der Waals surface area contributed by atoms with Crippen molar-refractivity contribution in [1.29, 1.82) is 0 Å². The van der Waals surface area contributed by atoms with Crippen LogP contribution in [0.5, 0.6) is 0 Å². The Morgan fingerprint density at radius 2 is 2.12 bits per heavy atom. The maximum atomic E-state index is 5.25. The minimum atomic E-state index is 0.340. The molecule has 0 aromatic carbocycles. The Balaban J connectivity index is 2.86. The molecule has 0 aliphatic carbocycles. The van der Waals surface area contributed by atoms with Crippen LogP contribution < -0.4 is 0 Å². The predicted octanol–water partition coefficient (Wildman–Crippen LogP) is 2.18. The summed E-state index contributed by atoms with van der Waals surface area (Å²) in [7, 11) is 0. The number of rotatable bonds is 4. The van der Waals surface area contributed by atoms with E-state index in [4.69, 9.17) is 4.74 Å². The minimum Gasteiger partial charge on any atom is -0.377 e. The average molecular weight is 246 g/mol. The SMILES string of the molecule is CC(CBr)OCCBr. The van der Waals surface area contributed by atoms with Crippen molar-refractivity contribution in [1.82, 2.24) is 0 Å². The van der Waals surface area contributed by atoms with E-state index in [1.165, 1.54) is 0 Å². The summed E-state index contributed by atoms with van der Waals surface area (Å²) in [5, 5.41) is 1.84. The van der Waals surface area contributed by atoms with Crippen molar-refractivity contribution >= 4 is 31.9 Å². The standard InChI is InChI=1S/C5H10Br2O/c1-5(4-7)8-3-2-6/h5H,2-4H2,1H3. The van der Waals surface area contributed by atoms with Gasteiger partial charge in [-0.25, -0.2) is 0 Å². The van der Waals surface area contributed by atoms with Gasteiger partial charge in [-0.1, -0.05) is 31.9 Å². The lowest BCUT2D eigenvalue weighted by atomic mass is 10.5. The van der Waals surface area contributed by atoms with Crippen molar-refractivity contribution in [2.45, 2.75) is 13.0 Å². The van der Waals surface area contributed by atoms with Crippen LogP contribution in [0.3, 0.4) is 0 Å². The Morgan fingerprint density at radius 1 is 1.50 bits per heavy atom. The summed E-state index contributed by atoms with van der Waals surface area (Å²) in [6.07, 6.45) is 0.340. The maximum Gasteiger partial charge on any atom is 0.0644 e. The Kier molecular flexibility index (Phi) is 6.74. The molecule has 0 aliphatic heterocycles. The molecule has 0 radical (unpaired) electrons. The second-order valence-electron chi connectivity index (χ2n) is 1.52. The van der Waals surface area contributed by atoms with E-state index in [1.807, 2.05) is 6.92 Å². The molecule has 0 amide bonds. The normalized spacial score (nSPS) is 13.9. The molecular weight excluding hydrogens is 236 g/mol. The van der Waals surface area contributed by atoms with Gasteiger partial charge in [0.25, 0.3) is 0 Å². The Hall–Kier alpha value is 0.920. The van der Waals surface area contributed by atoms with Crippen LogP contribution in [0.15, 0.2) is 0 Å². The third kappa shape index (κ3) is 5.06. The first-order valence-corrected chi connectivity index (χ1v) is 4.79. The van der Waals surface area contributed by atoms with Crippen molar-refractivity contribution in [2.24, 2.45) is 0 Å². The molecular formula is C5H10Br2O. The lowest BCUT2D eigenvalue weighted by Gasteiger charge is -2.06. The highest BCUT2D eigenvalue weighted by Crippen LogP contribution is 1.95. The van der Waals surface area contributed by atoms with Gasteiger partial charge in [-0.15, -0.1) is 0 Å². The fourth-order valence-corrected chi connectivity index (χ4v) is 0.664. The highest BCUT2D eigenvalue weighted by molar-refractivity contribution is 9.09. The smallest absolute Gasteiger partial charge is 0.0644 e. The van der Waals surface area contributed by atoms with Gasteiger partial charge in [0.2, 0.25) is 0 Å². The van der Waals surface area contributed by atoms with E-state index < -0.39 is 0 Å². The van der Waals surface area contributed by atoms with Crippen molar-refractivity contribution in [3.05, 3.63) is 0 Å². The molecule has 0 saturated carbocycles. The molecule has 0 heterocycles. The predicted molar refractivity (Wildman–Crippen MR) is 43.0 cm³/mol. The summed E-state index contributed by atoms with van der Waals surface area (Å²) in [5.74, 6) is 0. The van der Waals surface area contributed by atoms with Crippen LogP contribution >= 0.6 is 31.9 Å². The molecule has 0 fully saturated rings.